The van der Waals surface area contributed by atoms with E-state index in [4.69, 9.17) is 0 Å². The molecule has 0 atom stereocenters. The summed E-state index contributed by atoms with van der Waals surface area (Å²) in [5.41, 5.74) is 0.132. The van der Waals surface area contributed by atoms with E-state index in [1.54, 1.807) is 7.05 Å². The summed E-state index contributed by atoms with van der Waals surface area (Å²) in [7, 11) is -2.41. The van der Waals surface area contributed by atoms with E-state index in [0.717, 1.165) is 6.08 Å². The largest absolute Gasteiger partial charge is 0.409 e. The fraction of sp³-hybridized carbons (Fsp3) is 0.154. The second-order valence-corrected chi connectivity index (χ2v) is 6.02. The Kier molecular flexibility index (Phi) is 4.27. The Labute approximate surface area is 125 Å². The van der Waals surface area contributed by atoms with Crippen molar-refractivity contribution >= 4 is 21.8 Å². The monoisotopic (exact) mass is 331 g/mol. The number of benzene rings is 1. The van der Waals surface area contributed by atoms with E-state index in [2.05, 4.69) is 9.82 Å². The minimum absolute atomic E-state index is 0.0358. The Hall–Kier alpha value is -2.29. The Morgan fingerprint density at radius 3 is 2.50 bits per heavy atom. The van der Waals surface area contributed by atoms with Crippen LogP contribution in [0.3, 0.4) is 0 Å². The van der Waals surface area contributed by atoms with Crippen molar-refractivity contribution < 1.29 is 21.6 Å². The van der Waals surface area contributed by atoms with E-state index in [1.165, 1.54) is 41.2 Å². The molecule has 2 rings (SSSR count). The molecule has 9 heteroatoms. The van der Waals surface area contributed by atoms with Crippen LogP contribution < -0.4 is 4.72 Å². The molecular formula is C13H12F3N3O2S. The molecule has 1 aromatic heterocycles. The lowest BCUT2D eigenvalue weighted by Gasteiger charge is -2.09. The molecule has 0 spiro atoms. The zero-order valence-electron chi connectivity index (χ0n) is 11.4. The van der Waals surface area contributed by atoms with E-state index >= 15 is 0 Å². The van der Waals surface area contributed by atoms with Crippen LogP contribution in [0.4, 0.5) is 18.9 Å². The molecule has 5 nitrogen and oxygen atoms in total. The van der Waals surface area contributed by atoms with Crippen LogP contribution in [0.5, 0.6) is 0 Å². The van der Waals surface area contributed by atoms with Crippen molar-refractivity contribution in [2.45, 2.75) is 11.2 Å². The van der Waals surface area contributed by atoms with Gasteiger partial charge >= 0.3 is 6.18 Å². The van der Waals surface area contributed by atoms with Crippen molar-refractivity contribution in [2.75, 3.05) is 4.72 Å². The normalized spacial score (nSPS) is 12.7. The SMILES string of the molecule is Cn1ccc(S(=O)(=O)Nc2ccccc2/C=C/C(F)(F)F)n1. The van der Waals surface area contributed by atoms with Crippen LogP contribution in [0.25, 0.3) is 6.08 Å². The number of anilines is 1. The van der Waals surface area contributed by atoms with E-state index in [1.807, 2.05) is 0 Å². The summed E-state index contributed by atoms with van der Waals surface area (Å²) in [5.74, 6) is 0. The maximum Gasteiger partial charge on any atom is 0.409 e. The van der Waals surface area contributed by atoms with Gasteiger partial charge in [0, 0.05) is 19.3 Å². The fourth-order valence-electron chi connectivity index (χ4n) is 1.65. The topological polar surface area (TPSA) is 64.0 Å². The highest BCUT2D eigenvalue weighted by molar-refractivity contribution is 7.92. The Morgan fingerprint density at radius 1 is 1.23 bits per heavy atom. The molecule has 0 aliphatic heterocycles. The highest BCUT2D eigenvalue weighted by Crippen LogP contribution is 2.23. The van der Waals surface area contributed by atoms with Gasteiger partial charge in [-0.05, 0) is 23.8 Å². The minimum atomic E-state index is -4.48. The lowest BCUT2D eigenvalue weighted by Crippen LogP contribution is -2.14. The number of alkyl halides is 3. The van der Waals surface area contributed by atoms with Crippen molar-refractivity contribution in [3.05, 3.63) is 48.2 Å². The molecule has 0 fully saturated rings. The van der Waals surface area contributed by atoms with Gasteiger partial charge < -0.3 is 0 Å². The Morgan fingerprint density at radius 2 is 1.91 bits per heavy atom. The number of halogens is 3. The number of hydrogen-bond acceptors (Lipinski definition) is 3. The van der Waals surface area contributed by atoms with Gasteiger partial charge in [-0.15, -0.1) is 0 Å². The number of nitrogens with zero attached hydrogens (tertiary/aromatic N) is 2. The average Bonchev–Trinajstić information content (AvgIpc) is 2.84. The summed E-state index contributed by atoms with van der Waals surface area (Å²) in [4.78, 5) is 0. The van der Waals surface area contributed by atoms with E-state index in [-0.39, 0.29) is 22.4 Å². The average molecular weight is 331 g/mol. The van der Waals surface area contributed by atoms with Gasteiger partial charge in [-0.1, -0.05) is 18.2 Å². The fourth-order valence-corrected chi connectivity index (χ4v) is 2.71. The molecule has 1 aromatic carbocycles. The number of aryl methyl sites for hydroxylation is 1. The van der Waals surface area contributed by atoms with Crippen LogP contribution in [0.15, 0.2) is 47.6 Å². The smallest absolute Gasteiger partial charge is 0.278 e. The zero-order chi connectivity index (χ0) is 16.4. The van der Waals surface area contributed by atoms with Crippen LogP contribution in [0.1, 0.15) is 5.56 Å². The van der Waals surface area contributed by atoms with Crippen molar-refractivity contribution in [1.82, 2.24) is 9.78 Å². The molecule has 0 saturated heterocycles. The standard InChI is InChI=1S/C13H12F3N3O2S/c1-19-9-7-12(17-19)22(20,21)18-11-5-3-2-4-10(11)6-8-13(14,15)16/h2-9,18H,1H3/b8-6+. The third-order valence-electron chi connectivity index (χ3n) is 2.62. The molecule has 1 heterocycles. The van der Waals surface area contributed by atoms with Gasteiger partial charge in [0.05, 0.1) is 5.69 Å². The first-order valence-corrected chi connectivity index (χ1v) is 7.53. The van der Waals surface area contributed by atoms with Crippen LogP contribution >= 0.6 is 0 Å². The van der Waals surface area contributed by atoms with Gasteiger partial charge in [0.25, 0.3) is 10.0 Å². The maximum atomic E-state index is 12.2. The van der Waals surface area contributed by atoms with Crippen molar-refractivity contribution in [3.8, 4) is 0 Å². The maximum absolute atomic E-state index is 12.2. The number of allylic oxidation sites excluding steroid dienone is 1. The van der Waals surface area contributed by atoms with Gasteiger partial charge in [-0.25, -0.2) is 0 Å². The van der Waals surface area contributed by atoms with Gasteiger partial charge in [0.15, 0.2) is 5.03 Å². The molecule has 0 amide bonds. The first kappa shape index (κ1) is 16.1. The highest BCUT2D eigenvalue weighted by atomic mass is 32.2. The molecule has 22 heavy (non-hydrogen) atoms. The summed E-state index contributed by atoms with van der Waals surface area (Å²) < 4.78 is 64.5. The Bertz CT molecular complexity index is 795. The van der Waals surface area contributed by atoms with Gasteiger partial charge in [-0.3, -0.25) is 9.40 Å². The van der Waals surface area contributed by atoms with E-state index in [0.29, 0.717) is 0 Å². The third-order valence-corrected chi connectivity index (χ3v) is 3.88. The van der Waals surface area contributed by atoms with Crippen molar-refractivity contribution in [1.29, 1.82) is 0 Å². The van der Waals surface area contributed by atoms with Crippen LogP contribution in [-0.2, 0) is 17.1 Å². The number of sulfonamides is 1. The van der Waals surface area contributed by atoms with E-state index < -0.39 is 16.2 Å². The molecule has 0 unspecified atom stereocenters. The highest BCUT2D eigenvalue weighted by Gasteiger charge is 2.22. The first-order chi connectivity index (χ1) is 10.2. The quantitative estimate of drug-likeness (QED) is 0.937. The summed E-state index contributed by atoms with van der Waals surface area (Å²) in [6.07, 6.45) is -2.19. The van der Waals surface area contributed by atoms with Gasteiger partial charge in [0.2, 0.25) is 0 Å². The molecule has 0 saturated carbocycles. The molecule has 118 valence electrons. The predicted molar refractivity (Wildman–Crippen MR) is 75.5 cm³/mol. The van der Waals surface area contributed by atoms with Crippen LogP contribution in [0.2, 0.25) is 0 Å². The molecule has 0 aliphatic rings. The van der Waals surface area contributed by atoms with Gasteiger partial charge in [-0.2, -0.15) is 26.7 Å². The predicted octanol–water partition coefficient (Wildman–Crippen LogP) is 2.80. The second-order valence-electron chi connectivity index (χ2n) is 4.40. The molecule has 0 bridgehead atoms. The van der Waals surface area contributed by atoms with Crippen LogP contribution in [0, 0.1) is 0 Å². The molecule has 0 aliphatic carbocycles. The zero-order valence-corrected chi connectivity index (χ0v) is 12.2. The second kappa shape index (κ2) is 5.84. The van der Waals surface area contributed by atoms with Crippen LogP contribution in [-0.4, -0.2) is 24.4 Å². The first-order valence-electron chi connectivity index (χ1n) is 6.05. The molecular weight excluding hydrogens is 319 g/mol. The lowest BCUT2D eigenvalue weighted by atomic mass is 10.1. The molecule has 2 aromatic rings. The van der Waals surface area contributed by atoms with Crippen molar-refractivity contribution in [3.63, 3.8) is 0 Å². The summed E-state index contributed by atoms with van der Waals surface area (Å²) in [6.45, 7) is 0. The lowest BCUT2D eigenvalue weighted by molar-refractivity contribution is -0.0790. The molecule has 1 N–H and O–H groups in total. The van der Waals surface area contributed by atoms with Gasteiger partial charge in [0.1, 0.15) is 0 Å². The van der Waals surface area contributed by atoms with Crippen molar-refractivity contribution in [2.24, 2.45) is 7.05 Å². The number of hydrogen-bond donors (Lipinski definition) is 1. The number of rotatable bonds is 4. The Balaban J connectivity index is 2.32. The number of aromatic nitrogens is 2. The minimum Gasteiger partial charge on any atom is -0.278 e. The summed E-state index contributed by atoms with van der Waals surface area (Å²) >= 11 is 0. The van der Waals surface area contributed by atoms with E-state index in [9.17, 15) is 21.6 Å². The summed E-state index contributed by atoms with van der Waals surface area (Å²) in [5, 5.41) is 3.54. The number of para-hydroxylation sites is 1. The number of nitrogens with one attached hydrogen (secondary N) is 1. The summed E-state index contributed by atoms with van der Waals surface area (Å²) in [6, 6.07) is 7.06. The third kappa shape index (κ3) is 4.10. The molecule has 0 radical (unpaired) electrons.